The third-order valence-electron chi connectivity index (χ3n) is 3.61. The van der Waals surface area contributed by atoms with E-state index in [4.69, 9.17) is 4.74 Å². The first-order valence-corrected chi connectivity index (χ1v) is 8.28. The second-order valence-electron chi connectivity index (χ2n) is 5.16. The molecule has 3 rings (SSSR count). The number of hydrogen-bond acceptors (Lipinski definition) is 5. The number of pyridine rings is 2. The van der Waals surface area contributed by atoms with Gasteiger partial charge in [0.1, 0.15) is 0 Å². The van der Waals surface area contributed by atoms with Gasteiger partial charge in [0.2, 0.25) is 5.88 Å². The number of fused-ring (bicyclic) bond motifs is 1. The quantitative estimate of drug-likeness (QED) is 0.755. The Morgan fingerprint density at radius 2 is 2.04 bits per heavy atom. The summed E-state index contributed by atoms with van der Waals surface area (Å²) in [6.45, 7) is 3.47. The van der Waals surface area contributed by atoms with Crippen LogP contribution in [0.1, 0.15) is 16.8 Å². The van der Waals surface area contributed by atoms with Gasteiger partial charge in [0.25, 0.3) is 0 Å². The minimum absolute atomic E-state index is 0.0354. The van der Waals surface area contributed by atoms with Crippen LogP contribution in [0.4, 0.5) is 0 Å². The van der Waals surface area contributed by atoms with E-state index in [2.05, 4.69) is 19.9 Å². The maximum absolute atomic E-state index is 12.5. The molecule has 1 unspecified atom stereocenters. The van der Waals surface area contributed by atoms with Crippen LogP contribution in [-0.4, -0.2) is 31.3 Å². The van der Waals surface area contributed by atoms with Crippen LogP contribution in [0.5, 0.6) is 5.88 Å². The normalized spacial score (nSPS) is 12.5. The molecule has 0 fully saturated rings. The smallest absolute Gasteiger partial charge is 0.215 e. The molecule has 2 N–H and O–H groups in total. The fourth-order valence-corrected chi connectivity index (χ4v) is 3.34. The van der Waals surface area contributed by atoms with Gasteiger partial charge in [-0.1, -0.05) is 0 Å². The van der Waals surface area contributed by atoms with Gasteiger partial charge in [0.15, 0.2) is 16.2 Å². The van der Waals surface area contributed by atoms with Crippen molar-refractivity contribution in [2.24, 2.45) is 0 Å². The van der Waals surface area contributed by atoms with Gasteiger partial charge in [-0.3, -0.25) is 9.00 Å². The molecule has 0 saturated carbocycles. The van der Waals surface area contributed by atoms with Gasteiger partial charge >= 0.3 is 0 Å². The average Bonchev–Trinajstić information content (AvgIpc) is 2.98. The third kappa shape index (κ3) is 2.89. The van der Waals surface area contributed by atoms with Crippen LogP contribution in [0, 0.1) is 13.8 Å². The highest BCUT2D eigenvalue weighted by Gasteiger charge is 2.15. The summed E-state index contributed by atoms with van der Waals surface area (Å²) in [5.74, 6) is 0.623. The van der Waals surface area contributed by atoms with Crippen molar-refractivity contribution in [3.05, 3.63) is 45.4 Å². The van der Waals surface area contributed by atoms with Gasteiger partial charge in [-0.15, -0.1) is 0 Å². The predicted octanol–water partition coefficient (Wildman–Crippen LogP) is 1.58. The van der Waals surface area contributed by atoms with Gasteiger partial charge in [0.05, 0.1) is 29.2 Å². The number of methoxy groups -OCH3 is 1. The molecule has 0 aromatic carbocycles. The maximum atomic E-state index is 12.5. The maximum Gasteiger partial charge on any atom is 0.215 e. The standard InChI is InChI=1S/C15H16N4O3S/c1-8-6-16-11(9(2)13(8)20)7-23(21)15-17-10-4-5-12(22-3)18-14(10)19-15/h4-6H,7H2,1-3H3,(H,16,20)(H,17,18,19). The van der Waals surface area contributed by atoms with E-state index < -0.39 is 10.8 Å². The summed E-state index contributed by atoms with van der Waals surface area (Å²) >= 11 is 0. The number of imidazole rings is 1. The number of aromatic nitrogens is 4. The zero-order chi connectivity index (χ0) is 16.6. The van der Waals surface area contributed by atoms with Crippen LogP contribution in [0.15, 0.2) is 28.3 Å². The predicted molar refractivity (Wildman–Crippen MR) is 87.1 cm³/mol. The summed E-state index contributed by atoms with van der Waals surface area (Å²) in [6.07, 6.45) is 1.63. The van der Waals surface area contributed by atoms with Gasteiger partial charge in [0, 0.05) is 29.1 Å². The summed E-state index contributed by atoms with van der Waals surface area (Å²) in [6, 6.07) is 3.47. The fraction of sp³-hybridized carbons (Fsp3) is 0.267. The molecule has 8 heteroatoms. The van der Waals surface area contributed by atoms with Crippen molar-refractivity contribution in [2.45, 2.75) is 24.8 Å². The molecule has 0 radical (unpaired) electrons. The Morgan fingerprint density at radius 3 is 2.78 bits per heavy atom. The van der Waals surface area contributed by atoms with E-state index in [1.807, 2.05) is 0 Å². The molecular formula is C15H16N4O3S. The van der Waals surface area contributed by atoms with Crippen molar-refractivity contribution < 1.29 is 8.95 Å². The van der Waals surface area contributed by atoms with Crippen molar-refractivity contribution >= 4 is 22.0 Å². The topological polar surface area (TPSA) is 101 Å². The summed E-state index contributed by atoms with van der Waals surface area (Å²) in [5, 5.41) is 0.321. The lowest BCUT2D eigenvalue weighted by Gasteiger charge is -2.05. The zero-order valence-corrected chi connectivity index (χ0v) is 13.8. The molecule has 7 nitrogen and oxygen atoms in total. The molecule has 0 aliphatic rings. The van der Waals surface area contributed by atoms with E-state index in [1.165, 1.54) is 7.11 Å². The van der Waals surface area contributed by atoms with Crippen molar-refractivity contribution in [1.29, 1.82) is 0 Å². The average molecular weight is 332 g/mol. The minimum atomic E-state index is -1.42. The van der Waals surface area contributed by atoms with Crippen molar-refractivity contribution in [3.63, 3.8) is 0 Å². The lowest BCUT2D eigenvalue weighted by Crippen LogP contribution is -2.14. The van der Waals surface area contributed by atoms with E-state index in [-0.39, 0.29) is 11.2 Å². The van der Waals surface area contributed by atoms with Gasteiger partial charge in [-0.25, -0.2) is 4.98 Å². The zero-order valence-electron chi connectivity index (χ0n) is 13.0. The highest BCUT2D eigenvalue weighted by Crippen LogP contribution is 2.17. The van der Waals surface area contributed by atoms with E-state index in [0.29, 0.717) is 39.0 Å². The SMILES string of the molecule is COc1ccc2[nH]c(S(=O)Cc3[nH]cc(C)c(=O)c3C)nc2n1. The van der Waals surface area contributed by atoms with E-state index >= 15 is 0 Å². The van der Waals surface area contributed by atoms with Crippen LogP contribution in [-0.2, 0) is 16.6 Å². The van der Waals surface area contributed by atoms with Crippen LogP contribution >= 0.6 is 0 Å². The van der Waals surface area contributed by atoms with Gasteiger partial charge < -0.3 is 14.7 Å². The molecule has 0 saturated heterocycles. The lowest BCUT2D eigenvalue weighted by molar-refractivity contribution is 0.399. The Morgan fingerprint density at radius 1 is 1.26 bits per heavy atom. The Balaban J connectivity index is 1.92. The van der Waals surface area contributed by atoms with Crippen molar-refractivity contribution in [2.75, 3.05) is 7.11 Å². The third-order valence-corrected chi connectivity index (χ3v) is 4.79. The van der Waals surface area contributed by atoms with E-state index in [9.17, 15) is 9.00 Å². The molecule has 3 aromatic heterocycles. The molecule has 3 heterocycles. The molecule has 3 aromatic rings. The number of H-pyrrole nitrogens is 2. The number of rotatable bonds is 4. The first-order valence-electron chi connectivity index (χ1n) is 6.96. The van der Waals surface area contributed by atoms with E-state index in [0.717, 1.165) is 0 Å². The molecule has 0 aliphatic heterocycles. The number of hydrogen-bond donors (Lipinski definition) is 2. The molecule has 0 spiro atoms. The second-order valence-corrected chi connectivity index (χ2v) is 6.53. The second kappa shape index (κ2) is 5.96. The molecule has 0 amide bonds. The number of nitrogens with one attached hydrogen (secondary N) is 2. The highest BCUT2D eigenvalue weighted by molar-refractivity contribution is 7.84. The van der Waals surface area contributed by atoms with Gasteiger partial charge in [-0.2, -0.15) is 4.98 Å². The monoisotopic (exact) mass is 332 g/mol. The number of aromatic amines is 2. The molecule has 1 atom stereocenters. The first-order chi connectivity index (χ1) is 11.0. The highest BCUT2D eigenvalue weighted by atomic mass is 32.2. The molecular weight excluding hydrogens is 316 g/mol. The Kier molecular flexibility index (Phi) is 3.99. The molecule has 0 aliphatic carbocycles. The number of aryl methyl sites for hydroxylation is 1. The Bertz CT molecular complexity index is 961. The summed E-state index contributed by atoms with van der Waals surface area (Å²) in [4.78, 5) is 26.4. The van der Waals surface area contributed by atoms with Crippen LogP contribution in [0.25, 0.3) is 11.2 Å². The lowest BCUT2D eigenvalue weighted by atomic mass is 10.2. The number of nitrogens with zero attached hydrogens (tertiary/aromatic N) is 2. The summed E-state index contributed by atoms with van der Waals surface area (Å²) < 4.78 is 17.6. The Hall–Kier alpha value is -2.48. The Labute approximate surface area is 134 Å². The van der Waals surface area contributed by atoms with Crippen LogP contribution in [0.2, 0.25) is 0 Å². The van der Waals surface area contributed by atoms with Crippen molar-refractivity contribution in [3.8, 4) is 5.88 Å². The van der Waals surface area contributed by atoms with Crippen LogP contribution in [0.3, 0.4) is 0 Å². The molecule has 0 bridgehead atoms. The fourth-order valence-electron chi connectivity index (χ4n) is 2.23. The summed E-state index contributed by atoms with van der Waals surface area (Å²) in [7, 11) is 0.106. The number of ether oxygens (including phenoxy) is 1. The van der Waals surface area contributed by atoms with Gasteiger partial charge in [-0.05, 0) is 19.9 Å². The van der Waals surface area contributed by atoms with Crippen LogP contribution < -0.4 is 10.2 Å². The minimum Gasteiger partial charge on any atom is -0.481 e. The summed E-state index contributed by atoms with van der Waals surface area (Å²) in [5.41, 5.74) is 2.95. The molecule has 23 heavy (non-hydrogen) atoms. The largest absolute Gasteiger partial charge is 0.481 e. The first kappa shape index (κ1) is 15.4. The van der Waals surface area contributed by atoms with E-state index in [1.54, 1.807) is 32.2 Å². The molecule has 120 valence electrons. The van der Waals surface area contributed by atoms with Crippen molar-refractivity contribution in [1.82, 2.24) is 19.9 Å².